The third-order valence-electron chi connectivity index (χ3n) is 4.53. The van der Waals surface area contributed by atoms with E-state index in [-0.39, 0.29) is 43.8 Å². The molecule has 27 heavy (non-hydrogen) atoms. The highest BCUT2D eigenvalue weighted by atomic mass is 35.5. The highest BCUT2D eigenvalue weighted by molar-refractivity contribution is 7.89. The second kappa shape index (κ2) is 9.66. The fraction of sp³-hybridized carbons (Fsp3) is 0.412. The zero-order chi connectivity index (χ0) is 18.0. The number of nitrogens with zero attached hydrogens (tertiary/aromatic N) is 3. The summed E-state index contributed by atoms with van der Waals surface area (Å²) in [5, 5.41) is 1.51. The number of carbonyl (C=O) groups excluding carboxylic acids is 1. The van der Waals surface area contributed by atoms with E-state index in [1.165, 1.54) is 4.31 Å². The van der Waals surface area contributed by atoms with Gasteiger partial charge in [0.25, 0.3) is 0 Å². The van der Waals surface area contributed by atoms with E-state index < -0.39 is 10.0 Å². The Balaban J connectivity index is 0.00000182. The Morgan fingerprint density at radius 3 is 2.59 bits per heavy atom. The lowest BCUT2D eigenvalue weighted by Crippen LogP contribution is -2.39. The smallest absolute Gasteiger partial charge is 0.243 e. The Hall–Kier alpha value is -1.45. The Morgan fingerprint density at radius 2 is 1.89 bits per heavy atom. The molecule has 1 aliphatic rings. The van der Waals surface area contributed by atoms with Gasteiger partial charge in [-0.05, 0) is 25.0 Å². The third kappa shape index (κ3) is 4.70. The predicted molar refractivity (Wildman–Crippen MR) is 110 cm³/mol. The maximum Gasteiger partial charge on any atom is 0.243 e. The summed E-state index contributed by atoms with van der Waals surface area (Å²) in [6.07, 6.45) is 3.94. The van der Waals surface area contributed by atoms with Gasteiger partial charge in [0.2, 0.25) is 15.9 Å². The molecule has 0 radical (unpaired) electrons. The molecule has 1 aromatic carbocycles. The first-order chi connectivity index (χ1) is 11.9. The second-order valence-electron chi connectivity index (χ2n) is 6.15. The Kier molecular flexibility index (Phi) is 8.44. The van der Waals surface area contributed by atoms with E-state index in [1.807, 2.05) is 13.0 Å². The molecule has 7 nitrogen and oxygen atoms in total. The van der Waals surface area contributed by atoms with Crippen LogP contribution in [0.4, 0.5) is 0 Å². The molecule has 150 valence electrons. The largest absolute Gasteiger partial charge is 0.340 e. The minimum Gasteiger partial charge on any atom is -0.340 e. The maximum absolute atomic E-state index is 13.2. The Labute approximate surface area is 171 Å². The van der Waals surface area contributed by atoms with Gasteiger partial charge in [0.05, 0.1) is 11.4 Å². The van der Waals surface area contributed by atoms with Crippen LogP contribution < -0.4 is 5.73 Å². The van der Waals surface area contributed by atoms with Gasteiger partial charge in [-0.15, -0.1) is 24.8 Å². The summed E-state index contributed by atoms with van der Waals surface area (Å²) < 4.78 is 27.9. The van der Waals surface area contributed by atoms with Crippen molar-refractivity contribution < 1.29 is 13.2 Å². The molecule has 0 aliphatic carbocycles. The number of nitrogens with two attached hydrogens (primary N) is 1. The third-order valence-corrected chi connectivity index (χ3v) is 6.48. The van der Waals surface area contributed by atoms with Crippen LogP contribution in [0.2, 0.25) is 0 Å². The van der Waals surface area contributed by atoms with E-state index >= 15 is 0 Å². The van der Waals surface area contributed by atoms with Crippen LogP contribution >= 0.6 is 24.8 Å². The van der Waals surface area contributed by atoms with Crippen molar-refractivity contribution in [2.24, 2.45) is 5.73 Å². The molecule has 2 heterocycles. The standard InChI is InChI=1S/C17H22N4O3S.2ClH/c1-13-11-19-12-14-4-2-5-15(17(13)14)25(23,24)21-7-3-6-20(8-9-21)16(22)10-18;;/h2,4-5,11-12H,3,6-10,18H2,1H3;2*1H. The lowest BCUT2D eigenvalue weighted by Gasteiger charge is -2.22. The van der Waals surface area contributed by atoms with Crippen LogP contribution in [0.5, 0.6) is 0 Å². The highest BCUT2D eigenvalue weighted by Gasteiger charge is 2.29. The highest BCUT2D eigenvalue weighted by Crippen LogP contribution is 2.28. The summed E-state index contributed by atoms with van der Waals surface area (Å²) in [5.74, 6) is -0.147. The number of pyridine rings is 1. The van der Waals surface area contributed by atoms with Gasteiger partial charge in [-0.25, -0.2) is 8.42 Å². The molecule has 0 saturated carbocycles. The number of halogens is 2. The van der Waals surface area contributed by atoms with Crippen molar-refractivity contribution in [1.82, 2.24) is 14.2 Å². The molecular formula is C17H24Cl2N4O3S. The summed E-state index contributed by atoms with van der Waals surface area (Å²) in [6, 6.07) is 5.23. The van der Waals surface area contributed by atoms with Gasteiger partial charge in [0, 0.05) is 49.3 Å². The van der Waals surface area contributed by atoms with E-state index in [1.54, 1.807) is 29.4 Å². The van der Waals surface area contributed by atoms with Crippen LogP contribution in [0.3, 0.4) is 0 Å². The SMILES string of the molecule is Cc1cncc2cccc(S(=O)(=O)N3CCCN(C(=O)CN)CC3)c12.Cl.Cl. The van der Waals surface area contributed by atoms with E-state index in [9.17, 15) is 13.2 Å². The van der Waals surface area contributed by atoms with Crippen molar-refractivity contribution in [2.45, 2.75) is 18.2 Å². The van der Waals surface area contributed by atoms with Gasteiger partial charge in [0.15, 0.2) is 0 Å². The van der Waals surface area contributed by atoms with Crippen molar-refractivity contribution in [3.63, 3.8) is 0 Å². The van der Waals surface area contributed by atoms with Crippen LogP contribution in [-0.4, -0.2) is 61.2 Å². The van der Waals surface area contributed by atoms with E-state index in [2.05, 4.69) is 4.98 Å². The quantitative estimate of drug-likeness (QED) is 0.790. The van der Waals surface area contributed by atoms with Gasteiger partial charge < -0.3 is 10.6 Å². The fourth-order valence-electron chi connectivity index (χ4n) is 3.24. The average Bonchev–Trinajstić information content (AvgIpc) is 2.87. The zero-order valence-electron chi connectivity index (χ0n) is 15.0. The molecule has 1 aliphatic heterocycles. The lowest BCUT2D eigenvalue weighted by atomic mass is 10.1. The van der Waals surface area contributed by atoms with Gasteiger partial charge in [-0.3, -0.25) is 9.78 Å². The first-order valence-corrected chi connectivity index (χ1v) is 9.70. The molecule has 1 amide bonds. The number of hydrogen-bond acceptors (Lipinski definition) is 5. The molecule has 0 atom stereocenters. The minimum absolute atomic E-state index is 0. The van der Waals surface area contributed by atoms with Gasteiger partial charge in [-0.2, -0.15) is 4.31 Å². The maximum atomic E-state index is 13.2. The Morgan fingerprint density at radius 1 is 1.15 bits per heavy atom. The van der Waals surface area contributed by atoms with Gasteiger partial charge in [0.1, 0.15) is 0 Å². The molecule has 2 aromatic rings. The molecular weight excluding hydrogens is 411 g/mol. The molecule has 0 unspecified atom stereocenters. The summed E-state index contributed by atoms with van der Waals surface area (Å²) in [7, 11) is -3.65. The zero-order valence-corrected chi connectivity index (χ0v) is 17.4. The summed E-state index contributed by atoms with van der Waals surface area (Å²) >= 11 is 0. The number of fused-ring (bicyclic) bond motifs is 1. The van der Waals surface area contributed by atoms with E-state index in [4.69, 9.17) is 5.73 Å². The average molecular weight is 435 g/mol. The van der Waals surface area contributed by atoms with Crippen LogP contribution in [0, 0.1) is 6.92 Å². The molecule has 0 bridgehead atoms. The van der Waals surface area contributed by atoms with E-state index in [0.717, 1.165) is 10.9 Å². The first kappa shape index (κ1) is 23.6. The summed E-state index contributed by atoms with van der Waals surface area (Å²) in [5.41, 5.74) is 6.24. The number of carbonyl (C=O) groups is 1. The number of aromatic nitrogens is 1. The number of benzene rings is 1. The van der Waals surface area contributed by atoms with Crippen molar-refractivity contribution >= 4 is 51.5 Å². The van der Waals surface area contributed by atoms with Crippen LogP contribution in [0.15, 0.2) is 35.5 Å². The normalized spacial score (nSPS) is 15.6. The predicted octanol–water partition coefficient (Wildman–Crippen LogP) is 1.57. The number of sulfonamides is 1. The van der Waals surface area contributed by atoms with Gasteiger partial charge in [-0.1, -0.05) is 12.1 Å². The number of rotatable bonds is 3. The van der Waals surface area contributed by atoms with Crippen molar-refractivity contribution in [2.75, 3.05) is 32.7 Å². The molecule has 10 heteroatoms. The van der Waals surface area contributed by atoms with Crippen molar-refractivity contribution in [3.8, 4) is 0 Å². The van der Waals surface area contributed by atoms with Crippen LogP contribution in [-0.2, 0) is 14.8 Å². The molecule has 1 fully saturated rings. The monoisotopic (exact) mass is 434 g/mol. The number of amides is 1. The molecule has 0 spiro atoms. The fourth-order valence-corrected chi connectivity index (χ4v) is 5.00. The molecule has 2 N–H and O–H groups in total. The van der Waals surface area contributed by atoms with Crippen LogP contribution in [0.1, 0.15) is 12.0 Å². The Bertz CT molecular complexity index is 903. The molecule has 1 aromatic heterocycles. The van der Waals surface area contributed by atoms with Gasteiger partial charge >= 0.3 is 0 Å². The summed E-state index contributed by atoms with van der Waals surface area (Å²) in [6.45, 7) is 3.35. The van der Waals surface area contributed by atoms with Crippen molar-refractivity contribution in [3.05, 3.63) is 36.2 Å². The number of hydrogen-bond donors (Lipinski definition) is 1. The van der Waals surface area contributed by atoms with Crippen LogP contribution in [0.25, 0.3) is 10.8 Å². The lowest BCUT2D eigenvalue weighted by molar-refractivity contribution is -0.129. The summed E-state index contributed by atoms with van der Waals surface area (Å²) in [4.78, 5) is 17.9. The first-order valence-electron chi connectivity index (χ1n) is 8.26. The topological polar surface area (TPSA) is 96.6 Å². The van der Waals surface area contributed by atoms with Crippen molar-refractivity contribution in [1.29, 1.82) is 0 Å². The molecule has 3 rings (SSSR count). The minimum atomic E-state index is -3.65. The van der Waals surface area contributed by atoms with E-state index in [0.29, 0.717) is 36.3 Å². The number of aryl methyl sites for hydroxylation is 1. The second-order valence-corrected chi connectivity index (χ2v) is 8.06. The molecule has 1 saturated heterocycles.